The molecule has 0 bridgehead atoms. The Kier molecular flexibility index (Phi) is 16.6. The van der Waals surface area contributed by atoms with E-state index >= 15 is 0 Å². The summed E-state index contributed by atoms with van der Waals surface area (Å²) in [5.41, 5.74) is 10.7. The standard InChI is InChI=1S/C25H32F2N4O2.3ClH/c26-20(14-28)16-30-11-3-4-12-31(17-21(27)15-29)25(32)33-22-10-9-19-8-7-18-5-1-2-6-23(18)24(19)13-22;;;/h1-2,5-10,13,20-21,30H,3-4,11-12,14-17,28-29H2;3*1H. The van der Waals surface area contributed by atoms with Gasteiger partial charge in [0.1, 0.15) is 18.1 Å². The highest BCUT2D eigenvalue weighted by molar-refractivity contribution is 6.07. The molecule has 3 aromatic carbocycles. The minimum atomic E-state index is -1.34. The average Bonchev–Trinajstić information content (AvgIpc) is 2.84. The lowest BCUT2D eigenvalue weighted by Gasteiger charge is -2.23. The molecule has 6 nitrogen and oxygen atoms in total. The van der Waals surface area contributed by atoms with E-state index in [1.807, 2.05) is 42.5 Å². The van der Waals surface area contributed by atoms with Crippen LogP contribution < -0.4 is 21.5 Å². The van der Waals surface area contributed by atoms with Crippen LogP contribution in [-0.2, 0) is 0 Å². The molecule has 3 rings (SSSR count). The summed E-state index contributed by atoms with van der Waals surface area (Å²) in [7, 11) is 0. The second-order valence-corrected chi connectivity index (χ2v) is 8.06. The number of nitrogens with one attached hydrogen (secondary N) is 1. The minimum absolute atomic E-state index is 0. The van der Waals surface area contributed by atoms with E-state index in [1.165, 1.54) is 4.90 Å². The van der Waals surface area contributed by atoms with Crippen LogP contribution >= 0.6 is 37.2 Å². The SMILES string of the molecule is Cl.Cl.Cl.NCC(F)CNCCCCN(CC(F)CN)C(=O)Oc1ccc2ccc3ccccc3c2c1. The number of benzene rings is 3. The maximum Gasteiger partial charge on any atom is 0.415 e. The van der Waals surface area contributed by atoms with Crippen molar-refractivity contribution in [2.45, 2.75) is 25.2 Å². The molecule has 3 aromatic rings. The normalized spacial score (nSPS) is 12.1. The van der Waals surface area contributed by atoms with Crippen molar-refractivity contribution >= 4 is 64.9 Å². The van der Waals surface area contributed by atoms with E-state index in [1.54, 1.807) is 6.07 Å². The van der Waals surface area contributed by atoms with Gasteiger partial charge >= 0.3 is 6.09 Å². The molecule has 0 aliphatic rings. The quantitative estimate of drug-likeness (QED) is 0.211. The lowest BCUT2D eigenvalue weighted by Crippen LogP contribution is -2.41. The molecule has 5 N–H and O–H groups in total. The highest BCUT2D eigenvalue weighted by atomic mass is 35.5. The van der Waals surface area contributed by atoms with Gasteiger partial charge in [-0.1, -0.05) is 42.5 Å². The molecule has 2 unspecified atom stereocenters. The predicted molar refractivity (Wildman–Crippen MR) is 151 cm³/mol. The Morgan fingerprint density at radius 3 is 2.22 bits per heavy atom. The number of amides is 1. The molecule has 0 saturated heterocycles. The van der Waals surface area contributed by atoms with Gasteiger partial charge in [-0.3, -0.25) is 0 Å². The van der Waals surface area contributed by atoms with E-state index in [4.69, 9.17) is 16.2 Å². The number of rotatable bonds is 12. The van der Waals surface area contributed by atoms with E-state index in [-0.39, 0.29) is 63.4 Å². The van der Waals surface area contributed by atoms with Crippen LogP contribution in [0, 0.1) is 0 Å². The maximum absolute atomic E-state index is 14.0. The first-order valence-corrected chi connectivity index (χ1v) is 11.3. The van der Waals surface area contributed by atoms with E-state index in [0.717, 1.165) is 21.5 Å². The zero-order valence-electron chi connectivity index (χ0n) is 19.9. The zero-order valence-corrected chi connectivity index (χ0v) is 22.4. The van der Waals surface area contributed by atoms with Gasteiger partial charge in [-0.15, -0.1) is 37.2 Å². The molecule has 0 spiro atoms. The molecule has 0 aliphatic carbocycles. The van der Waals surface area contributed by atoms with Crippen LogP contribution in [0.5, 0.6) is 5.75 Å². The molecule has 0 aromatic heterocycles. The third-order valence-corrected chi connectivity index (χ3v) is 5.51. The molecule has 202 valence electrons. The molecule has 2 atom stereocenters. The van der Waals surface area contributed by atoms with Crippen molar-refractivity contribution in [3.05, 3.63) is 54.6 Å². The number of carbonyl (C=O) groups is 1. The Morgan fingerprint density at radius 2 is 1.53 bits per heavy atom. The maximum atomic E-state index is 14.0. The number of fused-ring (bicyclic) bond motifs is 3. The lowest BCUT2D eigenvalue weighted by atomic mass is 10.0. The molecule has 1 amide bonds. The predicted octanol–water partition coefficient (Wildman–Crippen LogP) is 5.02. The van der Waals surface area contributed by atoms with Crippen LogP contribution in [0.4, 0.5) is 13.6 Å². The summed E-state index contributed by atoms with van der Waals surface area (Å²) in [6.07, 6.45) is -1.73. The number of halogens is 5. The summed E-state index contributed by atoms with van der Waals surface area (Å²) >= 11 is 0. The monoisotopic (exact) mass is 566 g/mol. The molecule has 0 fully saturated rings. The number of hydrogen-bond acceptors (Lipinski definition) is 5. The summed E-state index contributed by atoms with van der Waals surface area (Å²) in [6, 6.07) is 17.5. The van der Waals surface area contributed by atoms with Crippen molar-refractivity contribution in [1.29, 1.82) is 0 Å². The fourth-order valence-electron chi connectivity index (χ4n) is 3.68. The Balaban J connectivity index is 0.00000408. The van der Waals surface area contributed by atoms with E-state index in [2.05, 4.69) is 11.4 Å². The van der Waals surface area contributed by atoms with Crippen LogP contribution in [0.1, 0.15) is 12.8 Å². The van der Waals surface area contributed by atoms with Gasteiger partial charge in [0.15, 0.2) is 0 Å². The third kappa shape index (κ3) is 9.84. The highest BCUT2D eigenvalue weighted by Crippen LogP contribution is 2.28. The summed E-state index contributed by atoms with van der Waals surface area (Å²) < 4.78 is 32.7. The lowest BCUT2D eigenvalue weighted by molar-refractivity contribution is 0.135. The Bertz CT molecular complexity index is 1060. The van der Waals surface area contributed by atoms with Gasteiger partial charge in [0.2, 0.25) is 0 Å². The van der Waals surface area contributed by atoms with Gasteiger partial charge in [0, 0.05) is 26.2 Å². The first-order chi connectivity index (χ1) is 16.0. The van der Waals surface area contributed by atoms with Gasteiger partial charge in [-0.25, -0.2) is 13.6 Å². The molecule has 0 aliphatic heterocycles. The van der Waals surface area contributed by atoms with Crippen molar-refractivity contribution in [1.82, 2.24) is 10.2 Å². The Hall–Kier alpha value is -1.94. The molecular weight excluding hydrogens is 533 g/mol. The van der Waals surface area contributed by atoms with Gasteiger partial charge < -0.3 is 26.4 Å². The summed E-state index contributed by atoms with van der Waals surface area (Å²) in [6.45, 7) is 0.750. The highest BCUT2D eigenvalue weighted by Gasteiger charge is 2.20. The van der Waals surface area contributed by atoms with Crippen molar-refractivity contribution in [2.24, 2.45) is 11.5 Å². The number of nitrogens with two attached hydrogens (primary N) is 2. The van der Waals surface area contributed by atoms with Crippen LogP contribution in [0.3, 0.4) is 0 Å². The minimum Gasteiger partial charge on any atom is -0.410 e. The first-order valence-electron chi connectivity index (χ1n) is 11.3. The number of unbranched alkanes of at least 4 members (excludes halogenated alkanes) is 1. The fourth-order valence-corrected chi connectivity index (χ4v) is 3.68. The Labute approximate surface area is 229 Å². The van der Waals surface area contributed by atoms with E-state index < -0.39 is 18.4 Å². The molecular formula is C25H35Cl3F2N4O2. The number of hydrogen-bond donors (Lipinski definition) is 3. The smallest absolute Gasteiger partial charge is 0.410 e. The number of carbonyl (C=O) groups excluding carboxylic acids is 1. The van der Waals surface area contributed by atoms with Crippen LogP contribution in [-0.4, -0.2) is 62.6 Å². The molecule has 0 heterocycles. The second kappa shape index (κ2) is 17.5. The summed E-state index contributed by atoms with van der Waals surface area (Å²) in [4.78, 5) is 14.2. The van der Waals surface area contributed by atoms with Crippen molar-refractivity contribution in [3.63, 3.8) is 0 Å². The van der Waals surface area contributed by atoms with E-state index in [0.29, 0.717) is 31.7 Å². The molecule has 0 saturated carbocycles. The van der Waals surface area contributed by atoms with Gasteiger partial charge in [-0.2, -0.15) is 0 Å². The third-order valence-electron chi connectivity index (χ3n) is 5.51. The molecule has 36 heavy (non-hydrogen) atoms. The topological polar surface area (TPSA) is 93.6 Å². The van der Waals surface area contributed by atoms with Crippen LogP contribution in [0.2, 0.25) is 0 Å². The molecule has 0 radical (unpaired) electrons. The van der Waals surface area contributed by atoms with Gasteiger partial charge in [-0.05, 0) is 53.1 Å². The number of nitrogens with zero attached hydrogens (tertiary/aromatic N) is 1. The van der Waals surface area contributed by atoms with Crippen LogP contribution in [0.25, 0.3) is 21.5 Å². The van der Waals surface area contributed by atoms with Crippen molar-refractivity contribution in [2.75, 3.05) is 39.3 Å². The first kappa shape index (κ1) is 34.1. The largest absolute Gasteiger partial charge is 0.415 e. The molecule has 11 heteroatoms. The summed E-state index contributed by atoms with van der Waals surface area (Å²) in [5, 5.41) is 7.15. The fraction of sp³-hybridized carbons (Fsp3) is 0.400. The average molecular weight is 568 g/mol. The summed E-state index contributed by atoms with van der Waals surface area (Å²) in [5.74, 6) is 0.398. The number of alkyl halides is 2. The van der Waals surface area contributed by atoms with Gasteiger partial charge in [0.25, 0.3) is 0 Å². The Morgan fingerprint density at radius 1 is 0.889 bits per heavy atom. The number of ether oxygens (including phenoxy) is 1. The van der Waals surface area contributed by atoms with E-state index in [9.17, 15) is 13.6 Å². The van der Waals surface area contributed by atoms with Crippen molar-refractivity contribution < 1.29 is 18.3 Å². The van der Waals surface area contributed by atoms with Gasteiger partial charge in [0.05, 0.1) is 6.54 Å². The van der Waals surface area contributed by atoms with Crippen LogP contribution in [0.15, 0.2) is 54.6 Å². The van der Waals surface area contributed by atoms with Crippen molar-refractivity contribution in [3.8, 4) is 5.75 Å². The second-order valence-electron chi connectivity index (χ2n) is 8.06. The zero-order chi connectivity index (χ0) is 23.6.